The molecule has 0 unspecified atom stereocenters. The lowest BCUT2D eigenvalue weighted by Gasteiger charge is -2.28. The Balaban J connectivity index is 2.02. The summed E-state index contributed by atoms with van der Waals surface area (Å²) in [7, 11) is 1.60. The molecule has 2 aromatic rings. The van der Waals surface area contributed by atoms with Gasteiger partial charge in [0.2, 0.25) is 0 Å². The largest absolute Gasteiger partial charge is 0.383 e. The number of methoxy groups -OCH3 is 1. The van der Waals surface area contributed by atoms with Crippen LogP contribution in [0.25, 0.3) is 5.69 Å². The highest BCUT2D eigenvalue weighted by atomic mass is 16.5. The first-order valence-corrected chi connectivity index (χ1v) is 8.47. The van der Waals surface area contributed by atoms with Crippen molar-refractivity contribution in [1.29, 1.82) is 0 Å². The average Bonchev–Trinajstić information content (AvgIpc) is 2.97. The second-order valence-corrected chi connectivity index (χ2v) is 7.25. The number of ketones is 1. The molecule has 138 valence electrons. The number of fused-ring (bicyclic) bond motifs is 1. The van der Waals surface area contributed by atoms with Crippen LogP contribution in [0.1, 0.15) is 46.8 Å². The van der Waals surface area contributed by atoms with E-state index in [0.29, 0.717) is 48.6 Å². The number of Topliss-reactive ketones (excluding diaryl/α,β-unsaturated/α-hetero) is 1. The summed E-state index contributed by atoms with van der Waals surface area (Å²) in [5, 5.41) is 11.4. The molecule has 0 aliphatic heterocycles. The number of carbonyl (C=O) groups is 2. The zero-order valence-electron chi connectivity index (χ0n) is 15.2. The van der Waals surface area contributed by atoms with E-state index in [1.807, 2.05) is 0 Å². The molecule has 3 N–H and O–H groups in total. The van der Waals surface area contributed by atoms with Gasteiger partial charge in [0.25, 0.3) is 5.91 Å². The number of ether oxygens (including phenoxy) is 1. The normalized spacial score (nSPS) is 15.6. The van der Waals surface area contributed by atoms with Gasteiger partial charge in [-0.1, -0.05) is 19.1 Å². The minimum atomic E-state index is -0.520. The molecular weight excluding hydrogens is 334 g/mol. The van der Waals surface area contributed by atoms with Crippen LogP contribution in [0.15, 0.2) is 18.2 Å². The van der Waals surface area contributed by atoms with E-state index in [9.17, 15) is 9.59 Å². The minimum absolute atomic E-state index is 0.00898. The first-order valence-electron chi connectivity index (χ1n) is 8.47. The van der Waals surface area contributed by atoms with Crippen molar-refractivity contribution in [3.05, 3.63) is 35.2 Å². The summed E-state index contributed by atoms with van der Waals surface area (Å²) < 4.78 is 6.70. The van der Waals surface area contributed by atoms with Crippen LogP contribution in [-0.2, 0) is 11.2 Å². The lowest BCUT2D eigenvalue weighted by atomic mass is 9.77. The highest BCUT2D eigenvalue weighted by Crippen LogP contribution is 2.35. The third-order valence-corrected chi connectivity index (χ3v) is 4.45. The number of nitrogens with zero attached hydrogens (tertiary/aromatic N) is 3. The van der Waals surface area contributed by atoms with E-state index >= 15 is 0 Å². The van der Waals surface area contributed by atoms with Gasteiger partial charge in [-0.05, 0) is 30.0 Å². The van der Waals surface area contributed by atoms with Crippen molar-refractivity contribution < 1.29 is 14.3 Å². The van der Waals surface area contributed by atoms with Crippen LogP contribution in [0.3, 0.4) is 0 Å². The van der Waals surface area contributed by atoms with Gasteiger partial charge in [-0.3, -0.25) is 9.59 Å². The van der Waals surface area contributed by atoms with Crippen molar-refractivity contribution >= 4 is 17.4 Å². The van der Waals surface area contributed by atoms with Gasteiger partial charge in [0.1, 0.15) is 0 Å². The van der Waals surface area contributed by atoms with Crippen molar-refractivity contribution in [3.8, 4) is 5.69 Å². The fourth-order valence-corrected chi connectivity index (χ4v) is 3.23. The van der Waals surface area contributed by atoms with E-state index in [1.54, 1.807) is 30.0 Å². The van der Waals surface area contributed by atoms with E-state index in [1.165, 1.54) is 0 Å². The van der Waals surface area contributed by atoms with Crippen LogP contribution < -0.4 is 11.1 Å². The lowest BCUT2D eigenvalue weighted by molar-refractivity contribution is 0.0905. The van der Waals surface area contributed by atoms with Crippen molar-refractivity contribution in [2.45, 2.75) is 26.7 Å². The summed E-state index contributed by atoms with van der Waals surface area (Å²) in [6.07, 6.45) is 1.16. The molecule has 3 rings (SSSR count). The Morgan fingerprint density at radius 1 is 1.38 bits per heavy atom. The molecule has 0 spiro atoms. The van der Waals surface area contributed by atoms with Crippen molar-refractivity contribution in [3.63, 3.8) is 0 Å². The zero-order chi connectivity index (χ0) is 18.9. The molecule has 0 saturated heterocycles. The fourth-order valence-electron chi connectivity index (χ4n) is 3.23. The van der Waals surface area contributed by atoms with Crippen molar-refractivity contribution in [1.82, 2.24) is 15.0 Å². The summed E-state index contributed by atoms with van der Waals surface area (Å²) in [5.74, 6) is -0.511. The van der Waals surface area contributed by atoms with Crippen LogP contribution in [0.5, 0.6) is 0 Å². The predicted octanol–water partition coefficient (Wildman–Crippen LogP) is 1.58. The number of anilines is 1. The van der Waals surface area contributed by atoms with E-state index < -0.39 is 5.91 Å². The second kappa shape index (κ2) is 6.87. The summed E-state index contributed by atoms with van der Waals surface area (Å²) in [5.41, 5.74) is 8.24. The molecule has 26 heavy (non-hydrogen) atoms. The second-order valence-electron chi connectivity index (χ2n) is 7.25. The van der Waals surface area contributed by atoms with Crippen LogP contribution in [0.4, 0.5) is 5.69 Å². The molecule has 1 aromatic carbocycles. The highest BCUT2D eigenvalue weighted by molar-refractivity contribution is 5.99. The number of rotatable bonds is 6. The van der Waals surface area contributed by atoms with Gasteiger partial charge >= 0.3 is 0 Å². The Bertz CT molecular complexity index is 857. The Labute approximate surface area is 151 Å². The smallest absolute Gasteiger partial charge is 0.250 e. The average molecular weight is 357 g/mol. The summed E-state index contributed by atoms with van der Waals surface area (Å²) in [6.45, 7) is 5.13. The molecule has 0 saturated carbocycles. The first kappa shape index (κ1) is 18.1. The summed E-state index contributed by atoms with van der Waals surface area (Å²) in [6, 6.07) is 5.19. The zero-order valence-corrected chi connectivity index (χ0v) is 15.2. The van der Waals surface area contributed by atoms with E-state index in [0.717, 1.165) is 5.69 Å². The Hall–Kier alpha value is -2.74. The molecule has 0 bridgehead atoms. The molecule has 8 heteroatoms. The van der Waals surface area contributed by atoms with Crippen LogP contribution in [0.2, 0.25) is 0 Å². The van der Waals surface area contributed by atoms with Crippen LogP contribution >= 0.6 is 0 Å². The van der Waals surface area contributed by atoms with Gasteiger partial charge in [0.05, 0.1) is 23.6 Å². The first-order chi connectivity index (χ1) is 12.3. The molecule has 0 fully saturated rings. The topological polar surface area (TPSA) is 112 Å². The molecule has 1 amide bonds. The van der Waals surface area contributed by atoms with Gasteiger partial charge in [-0.2, -0.15) is 0 Å². The number of nitrogens with one attached hydrogen (secondary N) is 1. The monoisotopic (exact) mass is 357 g/mol. The highest BCUT2D eigenvalue weighted by Gasteiger charge is 2.35. The van der Waals surface area contributed by atoms with Crippen LogP contribution in [0, 0.1) is 5.41 Å². The van der Waals surface area contributed by atoms with Gasteiger partial charge in [-0.15, -0.1) is 5.10 Å². The Kier molecular flexibility index (Phi) is 4.78. The third kappa shape index (κ3) is 3.45. The number of primary amides is 1. The quantitative estimate of drug-likeness (QED) is 0.759. The Morgan fingerprint density at radius 2 is 2.15 bits per heavy atom. The van der Waals surface area contributed by atoms with Gasteiger partial charge in [0, 0.05) is 25.8 Å². The number of hydrogen-bond acceptors (Lipinski definition) is 6. The van der Waals surface area contributed by atoms with Gasteiger partial charge in [-0.25, -0.2) is 4.68 Å². The molecule has 1 heterocycles. The number of nitrogens with two attached hydrogens (primary N) is 1. The Morgan fingerprint density at radius 3 is 2.85 bits per heavy atom. The molecule has 1 aliphatic rings. The van der Waals surface area contributed by atoms with Crippen molar-refractivity contribution in [2.75, 3.05) is 25.6 Å². The van der Waals surface area contributed by atoms with E-state index in [-0.39, 0.29) is 11.2 Å². The molecule has 0 atom stereocenters. The minimum Gasteiger partial charge on any atom is -0.383 e. The SMILES string of the molecule is COCCNc1cc(-n2nnc3c2CC(C)(C)CC3=O)ccc1C(N)=O. The van der Waals surface area contributed by atoms with Crippen LogP contribution in [-0.4, -0.2) is 46.9 Å². The molecular formula is C18H23N5O3. The van der Waals surface area contributed by atoms with Gasteiger partial charge < -0.3 is 15.8 Å². The molecule has 1 aliphatic carbocycles. The number of carbonyl (C=O) groups excluding carboxylic acids is 2. The molecule has 8 nitrogen and oxygen atoms in total. The third-order valence-electron chi connectivity index (χ3n) is 4.45. The maximum atomic E-state index is 12.3. The van der Waals surface area contributed by atoms with E-state index in [4.69, 9.17) is 10.5 Å². The summed E-state index contributed by atoms with van der Waals surface area (Å²) in [4.78, 5) is 24.0. The number of benzene rings is 1. The number of amides is 1. The molecule has 1 aromatic heterocycles. The number of hydrogen-bond donors (Lipinski definition) is 2. The maximum absolute atomic E-state index is 12.3. The predicted molar refractivity (Wildman–Crippen MR) is 96.7 cm³/mol. The summed E-state index contributed by atoms with van der Waals surface area (Å²) >= 11 is 0. The number of aromatic nitrogens is 3. The fraction of sp³-hybridized carbons (Fsp3) is 0.444. The lowest BCUT2D eigenvalue weighted by Crippen LogP contribution is -2.28. The van der Waals surface area contributed by atoms with Crippen molar-refractivity contribution in [2.24, 2.45) is 11.1 Å². The maximum Gasteiger partial charge on any atom is 0.250 e. The van der Waals surface area contributed by atoms with Gasteiger partial charge in [0.15, 0.2) is 11.5 Å². The standard InChI is InChI=1S/C18H23N5O3/c1-18(2)9-14-16(15(24)10-18)21-22-23(14)11-4-5-12(17(19)25)13(8-11)20-6-7-26-3/h4-5,8,20H,6-7,9-10H2,1-3H3,(H2,19,25). The molecule has 0 radical (unpaired) electrons. The van der Waals surface area contributed by atoms with E-state index in [2.05, 4.69) is 29.5 Å².